The van der Waals surface area contributed by atoms with E-state index in [1.165, 1.54) is 0 Å². The second-order valence-corrected chi connectivity index (χ2v) is 4.71. The van der Waals surface area contributed by atoms with E-state index in [2.05, 4.69) is 11.4 Å². The van der Waals surface area contributed by atoms with Crippen LogP contribution in [0.25, 0.3) is 0 Å². The SMILES string of the molecule is CC1=CSc2c(C)cc(C)cc2C(=O)N1. The van der Waals surface area contributed by atoms with Crippen molar-refractivity contribution in [2.24, 2.45) is 0 Å². The lowest BCUT2D eigenvalue weighted by Crippen LogP contribution is -2.20. The molecule has 1 aromatic rings. The number of rotatable bonds is 0. The first kappa shape index (κ1) is 10.3. The minimum Gasteiger partial charge on any atom is -0.325 e. The summed E-state index contributed by atoms with van der Waals surface area (Å²) in [6.07, 6.45) is 0. The summed E-state index contributed by atoms with van der Waals surface area (Å²) in [6, 6.07) is 4.05. The zero-order valence-electron chi connectivity index (χ0n) is 9.05. The highest BCUT2D eigenvalue weighted by molar-refractivity contribution is 8.02. The van der Waals surface area contributed by atoms with Gasteiger partial charge in [0, 0.05) is 10.6 Å². The number of hydrogen-bond acceptors (Lipinski definition) is 2. The van der Waals surface area contributed by atoms with E-state index in [0.29, 0.717) is 0 Å². The van der Waals surface area contributed by atoms with E-state index in [1.54, 1.807) is 11.8 Å². The van der Waals surface area contributed by atoms with Gasteiger partial charge < -0.3 is 5.32 Å². The Bertz CT molecular complexity index is 463. The van der Waals surface area contributed by atoms with Gasteiger partial charge in [-0.1, -0.05) is 17.8 Å². The molecule has 0 aromatic heterocycles. The van der Waals surface area contributed by atoms with Crippen molar-refractivity contribution in [2.75, 3.05) is 0 Å². The first-order valence-electron chi connectivity index (χ1n) is 4.84. The summed E-state index contributed by atoms with van der Waals surface area (Å²) in [5.74, 6) is -0.00412. The molecule has 0 spiro atoms. The molecule has 0 atom stereocenters. The molecule has 78 valence electrons. The zero-order valence-corrected chi connectivity index (χ0v) is 9.87. The molecular weight excluding hydrogens is 206 g/mol. The van der Waals surface area contributed by atoms with Crippen LogP contribution in [-0.4, -0.2) is 5.91 Å². The molecule has 0 unspecified atom stereocenters. The third-order valence-electron chi connectivity index (χ3n) is 2.33. The molecular formula is C12H13NOS. The third kappa shape index (κ3) is 1.92. The average molecular weight is 219 g/mol. The highest BCUT2D eigenvalue weighted by atomic mass is 32.2. The molecule has 1 aliphatic heterocycles. The van der Waals surface area contributed by atoms with E-state index in [0.717, 1.165) is 27.3 Å². The quantitative estimate of drug-likeness (QED) is 0.726. The Balaban J connectivity index is 2.60. The smallest absolute Gasteiger partial charge is 0.256 e. The van der Waals surface area contributed by atoms with Crippen molar-refractivity contribution < 1.29 is 4.79 Å². The van der Waals surface area contributed by atoms with Gasteiger partial charge in [-0.15, -0.1) is 0 Å². The first-order chi connectivity index (χ1) is 7.08. The summed E-state index contributed by atoms with van der Waals surface area (Å²) in [4.78, 5) is 12.9. The number of aryl methyl sites for hydroxylation is 2. The minimum atomic E-state index is -0.00412. The molecule has 2 rings (SSSR count). The number of thioether (sulfide) groups is 1. The van der Waals surface area contributed by atoms with Crippen molar-refractivity contribution in [3.05, 3.63) is 39.9 Å². The van der Waals surface area contributed by atoms with Gasteiger partial charge in [0.05, 0.1) is 5.56 Å². The predicted octanol–water partition coefficient (Wildman–Crippen LogP) is 3.00. The van der Waals surface area contributed by atoms with E-state index < -0.39 is 0 Å². The molecule has 15 heavy (non-hydrogen) atoms. The van der Waals surface area contributed by atoms with Gasteiger partial charge in [0.25, 0.3) is 5.91 Å². The Labute approximate surface area is 93.8 Å². The standard InChI is InChI=1S/C12H13NOS/c1-7-4-8(2)11-10(5-7)12(14)13-9(3)6-15-11/h4-6H,1-3H3,(H,13,14). The van der Waals surface area contributed by atoms with Gasteiger partial charge in [0.1, 0.15) is 0 Å². The fourth-order valence-electron chi connectivity index (χ4n) is 1.70. The largest absolute Gasteiger partial charge is 0.325 e. The summed E-state index contributed by atoms with van der Waals surface area (Å²) < 4.78 is 0. The number of allylic oxidation sites excluding steroid dienone is 1. The van der Waals surface area contributed by atoms with Gasteiger partial charge in [-0.05, 0) is 43.4 Å². The van der Waals surface area contributed by atoms with Crippen LogP contribution in [0.15, 0.2) is 28.1 Å². The van der Waals surface area contributed by atoms with Crippen molar-refractivity contribution >= 4 is 17.7 Å². The maximum absolute atomic E-state index is 11.9. The van der Waals surface area contributed by atoms with Crippen LogP contribution in [0.5, 0.6) is 0 Å². The van der Waals surface area contributed by atoms with E-state index >= 15 is 0 Å². The Morgan fingerprint density at radius 1 is 1.20 bits per heavy atom. The van der Waals surface area contributed by atoms with Gasteiger partial charge in [0.15, 0.2) is 0 Å². The number of carbonyl (C=O) groups is 1. The molecule has 0 saturated heterocycles. The van der Waals surface area contributed by atoms with Crippen molar-refractivity contribution in [1.82, 2.24) is 5.32 Å². The van der Waals surface area contributed by atoms with Crippen molar-refractivity contribution in [3.63, 3.8) is 0 Å². The van der Waals surface area contributed by atoms with Crippen LogP contribution in [-0.2, 0) is 0 Å². The number of hydrogen-bond donors (Lipinski definition) is 1. The Hall–Kier alpha value is -1.22. The maximum Gasteiger partial charge on any atom is 0.256 e. The van der Waals surface area contributed by atoms with E-state index in [-0.39, 0.29) is 5.91 Å². The van der Waals surface area contributed by atoms with Crippen LogP contribution in [0.4, 0.5) is 0 Å². The summed E-state index contributed by atoms with van der Waals surface area (Å²) in [5, 5.41) is 4.83. The zero-order chi connectivity index (χ0) is 11.0. The van der Waals surface area contributed by atoms with Crippen LogP contribution in [0, 0.1) is 13.8 Å². The number of benzene rings is 1. The summed E-state index contributed by atoms with van der Waals surface area (Å²) >= 11 is 1.61. The van der Waals surface area contributed by atoms with Gasteiger partial charge in [-0.3, -0.25) is 4.79 Å². The van der Waals surface area contributed by atoms with Crippen molar-refractivity contribution in [2.45, 2.75) is 25.7 Å². The predicted molar refractivity (Wildman–Crippen MR) is 63.0 cm³/mol. The maximum atomic E-state index is 11.9. The molecule has 0 radical (unpaired) electrons. The Kier molecular flexibility index (Phi) is 2.57. The molecule has 0 aliphatic carbocycles. The molecule has 2 nitrogen and oxygen atoms in total. The summed E-state index contributed by atoms with van der Waals surface area (Å²) in [6.45, 7) is 5.95. The topological polar surface area (TPSA) is 29.1 Å². The van der Waals surface area contributed by atoms with Gasteiger partial charge >= 0.3 is 0 Å². The fraction of sp³-hybridized carbons (Fsp3) is 0.250. The van der Waals surface area contributed by atoms with Crippen LogP contribution in [0.2, 0.25) is 0 Å². The Morgan fingerprint density at radius 3 is 2.67 bits per heavy atom. The number of carbonyl (C=O) groups excluding carboxylic acids is 1. The van der Waals surface area contributed by atoms with Gasteiger partial charge in [-0.25, -0.2) is 0 Å². The summed E-state index contributed by atoms with van der Waals surface area (Å²) in [7, 11) is 0. The normalized spacial score (nSPS) is 15.1. The molecule has 1 aromatic carbocycles. The van der Waals surface area contributed by atoms with Crippen LogP contribution in [0.1, 0.15) is 28.4 Å². The highest BCUT2D eigenvalue weighted by Crippen LogP contribution is 2.31. The molecule has 1 heterocycles. The van der Waals surface area contributed by atoms with Crippen LogP contribution >= 0.6 is 11.8 Å². The van der Waals surface area contributed by atoms with Crippen molar-refractivity contribution in [1.29, 1.82) is 0 Å². The van der Waals surface area contributed by atoms with Crippen LogP contribution < -0.4 is 5.32 Å². The average Bonchev–Trinajstić information content (AvgIpc) is 2.27. The second kappa shape index (κ2) is 3.74. The number of fused-ring (bicyclic) bond motifs is 1. The van der Waals surface area contributed by atoms with E-state index in [1.807, 2.05) is 32.2 Å². The molecule has 1 aliphatic rings. The monoisotopic (exact) mass is 219 g/mol. The van der Waals surface area contributed by atoms with Gasteiger partial charge in [0.2, 0.25) is 0 Å². The molecule has 3 heteroatoms. The number of nitrogens with one attached hydrogen (secondary N) is 1. The van der Waals surface area contributed by atoms with E-state index in [9.17, 15) is 4.79 Å². The lowest BCUT2D eigenvalue weighted by molar-refractivity contribution is 0.0963. The third-order valence-corrected chi connectivity index (χ3v) is 3.58. The Morgan fingerprint density at radius 2 is 1.93 bits per heavy atom. The fourth-order valence-corrected chi connectivity index (χ4v) is 2.58. The molecule has 1 N–H and O–H groups in total. The van der Waals surface area contributed by atoms with E-state index in [4.69, 9.17) is 0 Å². The lowest BCUT2D eigenvalue weighted by Gasteiger charge is -2.08. The highest BCUT2D eigenvalue weighted by Gasteiger charge is 2.17. The molecule has 0 fully saturated rings. The second-order valence-electron chi connectivity index (χ2n) is 3.83. The van der Waals surface area contributed by atoms with Crippen LogP contribution in [0.3, 0.4) is 0 Å². The van der Waals surface area contributed by atoms with Crippen molar-refractivity contribution in [3.8, 4) is 0 Å². The lowest BCUT2D eigenvalue weighted by atomic mass is 10.1. The molecule has 1 amide bonds. The molecule has 0 saturated carbocycles. The molecule has 0 bridgehead atoms. The number of amides is 1. The first-order valence-corrected chi connectivity index (χ1v) is 5.72. The summed E-state index contributed by atoms with van der Waals surface area (Å²) in [5.41, 5.74) is 3.97. The minimum absolute atomic E-state index is 0.00412. The van der Waals surface area contributed by atoms with Gasteiger partial charge in [-0.2, -0.15) is 0 Å².